The molecule has 0 spiro atoms. The minimum absolute atomic E-state index is 0.232. The van der Waals surface area contributed by atoms with Crippen LogP contribution in [0.1, 0.15) is 33.1 Å². The van der Waals surface area contributed by atoms with E-state index in [1.54, 1.807) is 18.2 Å². The molecule has 6 aromatic carbocycles. The first kappa shape index (κ1) is 21.2. The molecule has 1 aliphatic heterocycles. The molecule has 48 heavy (non-hydrogen) atoms. The van der Waals surface area contributed by atoms with E-state index in [0.717, 1.165) is 44.1 Å². The highest BCUT2D eigenvalue weighted by molar-refractivity contribution is 7.99. The van der Waals surface area contributed by atoms with E-state index in [2.05, 4.69) is 8.80 Å². The number of hydrogen-bond donors (Lipinski definition) is 0. The molecule has 1 aliphatic rings. The van der Waals surface area contributed by atoms with E-state index in [9.17, 15) is 8.22 Å². The van der Waals surface area contributed by atoms with Crippen molar-refractivity contribution in [3.05, 3.63) is 145 Å². The van der Waals surface area contributed by atoms with Crippen molar-refractivity contribution in [2.45, 2.75) is 28.9 Å². The summed E-state index contributed by atoms with van der Waals surface area (Å²) in [6.45, 7) is -5.96. The van der Waals surface area contributed by atoms with Gasteiger partial charge in [0.05, 0.1) is 49.8 Å². The molecule has 0 unspecified atom stereocenters. The third kappa shape index (κ3) is 3.28. The first-order chi connectivity index (χ1) is 26.1. The second kappa shape index (κ2) is 9.18. The maximum Gasteiger partial charge on any atom is 0.220 e. The Kier molecular flexibility index (Phi) is 4.04. The molecule has 0 atom stereocenters. The molecule has 0 saturated heterocycles. The van der Waals surface area contributed by atoms with Gasteiger partial charge in [0.1, 0.15) is 0 Å². The zero-order valence-electron chi connectivity index (χ0n) is 31.3. The van der Waals surface area contributed by atoms with E-state index in [1.165, 1.54) is 11.8 Å². The highest BCUT2D eigenvalue weighted by Crippen LogP contribution is 2.52. The summed E-state index contributed by atoms with van der Waals surface area (Å²) in [5.74, 6) is 1.30. The highest BCUT2D eigenvalue weighted by atomic mass is 32.2. The number of aromatic nitrogens is 6. The Morgan fingerprint density at radius 1 is 0.542 bits per heavy atom. The number of imidazole rings is 4. The molecule has 0 aliphatic carbocycles. The molecule has 4 aromatic heterocycles. The summed E-state index contributed by atoms with van der Waals surface area (Å²) in [5.41, 5.74) is 6.47. The monoisotopic (exact) mass is 642 g/mol. The summed E-state index contributed by atoms with van der Waals surface area (Å²) in [5, 5.41) is 0. The van der Waals surface area contributed by atoms with Crippen LogP contribution in [0.2, 0.25) is 0 Å². The fourth-order valence-corrected chi connectivity index (χ4v) is 8.86. The average molecular weight is 643 g/mol. The highest BCUT2D eigenvalue weighted by Gasteiger charge is 2.36. The minimum atomic E-state index is -2.98. The molecule has 5 heterocycles. The smallest absolute Gasteiger partial charge is 0.220 e. The number of nitrogens with zero attached hydrogens (tertiary/aromatic N) is 6. The maximum atomic E-state index is 9.17. The van der Waals surface area contributed by atoms with Crippen molar-refractivity contribution < 1.29 is 8.22 Å². The van der Waals surface area contributed by atoms with Gasteiger partial charge >= 0.3 is 0 Å². The van der Waals surface area contributed by atoms with Crippen LogP contribution < -0.4 is 0 Å². The van der Waals surface area contributed by atoms with Crippen molar-refractivity contribution in [1.82, 2.24) is 27.9 Å². The second-order valence-corrected chi connectivity index (χ2v) is 13.4. The second-order valence-electron chi connectivity index (χ2n) is 12.3. The summed E-state index contributed by atoms with van der Waals surface area (Å²) in [6.07, 6.45) is 0. The van der Waals surface area contributed by atoms with Gasteiger partial charge in [-0.05, 0) is 83.9 Å². The number of fused-ring (bicyclic) bond motifs is 12. The molecule has 10 aromatic rings. The fraction of sp³-hybridized carbons (Fsp3) is 0.0732. The number of hydrogen-bond acceptors (Lipinski definition) is 3. The Morgan fingerprint density at radius 2 is 1.10 bits per heavy atom. The van der Waals surface area contributed by atoms with Crippen LogP contribution in [0.3, 0.4) is 0 Å². The summed E-state index contributed by atoms with van der Waals surface area (Å²) in [7, 11) is 0. The zero-order chi connectivity index (χ0) is 36.7. The Hall–Kier alpha value is -5.79. The van der Waals surface area contributed by atoms with Crippen molar-refractivity contribution in [3.63, 3.8) is 0 Å². The van der Waals surface area contributed by atoms with Gasteiger partial charge in [-0.2, -0.15) is 0 Å². The lowest BCUT2D eigenvalue weighted by Crippen LogP contribution is -2.25. The van der Waals surface area contributed by atoms with Gasteiger partial charge in [0.25, 0.3) is 0 Å². The van der Waals surface area contributed by atoms with E-state index in [1.807, 2.05) is 124 Å². The predicted molar refractivity (Wildman–Crippen MR) is 195 cm³/mol. The lowest BCUT2D eigenvalue weighted by Gasteiger charge is -2.36. The van der Waals surface area contributed by atoms with Crippen LogP contribution in [0.15, 0.2) is 143 Å². The van der Waals surface area contributed by atoms with Crippen LogP contribution >= 0.6 is 11.8 Å². The van der Waals surface area contributed by atoms with Crippen LogP contribution in [0.4, 0.5) is 0 Å². The molecule has 0 bridgehead atoms. The van der Waals surface area contributed by atoms with Crippen LogP contribution in [-0.2, 0) is 5.41 Å². The van der Waals surface area contributed by atoms with Gasteiger partial charge in [-0.3, -0.25) is 17.9 Å². The first-order valence-corrected chi connectivity index (χ1v) is 16.6. The number of rotatable bonds is 2. The topological polar surface area (TPSA) is 44.5 Å². The average Bonchev–Trinajstić information content (AvgIpc) is 3.89. The molecule has 7 heteroatoms. The van der Waals surface area contributed by atoms with E-state index >= 15 is 0 Å². The lowest BCUT2D eigenvalue weighted by atomic mass is 9.77. The molecular formula is C41H28N6S. The largest absolute Gasteiger partial charge is 0.278 e. The molecule has 6 nitrogen and oxygen atoms in total. The van der Waals surface area contributed by atoms with Gasteiger partial charge in [0, 0.05) is 29.1 Å². The maximum absolute atomic E-state index is 9.17. The summed E-state index contributed by atoms with van der Waals surface area (Å²) < 4.78 is 63.2. The predicted octanol–water partition coefficient (Wildman–Crippen LogP) is 9.97. The van der Waals surface area contributed by atoms with Crippen LogP contribution in [0.25, 0.3) is 67.1 Å². The summed E-state index contributed by atoms with van der Waals surface area (Å²) in [4.78, 5) is 11.2. The van der Waals surface area contributed by atoms with Gasteiger partial charge in [0.2, 0.25) is 11.6 Å². The normalized spacial score (nSPS) is 16.5. The van der Waals surface area contributed by atoms with Crippen LogP contribution in [-0.4, -0.2) is 27.9 Å². The van der Waals surface area contributed by atoms with E-state index in [-0.39, 0.29) is 11.1 Å². The van der Waals surface area contributed by atoms with Gasteiger partial charge in [0.15, 0.2) is 0 Å². The number of para-hydroxylation sites is 8. The Bertz CT molecular complexity index is 3180. The Morgan fingerprint density at radius 3 is 1.75 bits per heavy atom. The molecule has 0 fully saturated rings. The van der Waals surface area contributed by atoms with Crippen molar-refractivity contribution in [2.24, 2.45) is 0 Å². The molecule has 0 saturated carbocycles. The third-order valence-electron chi connectivity index (χ3n) is 9.69. The molecule has 0 N–H and O–H groups in total. The first-order valence-electron chi connectivity index (χ1n) is 18.8. The summed E-state index contributed by atoms with van der Waals surface area (Å²) in [6, 6.07) is 42.7. The molecule has 228 valence electrons. The lowest BCUT2D eigenvalue weighted by molar-refractivity contribution is 0.605. The van der Waals surface area contributed by atoms with Gasteiger partial charge < -0.3 is 0 Å². The van der Waals surface area contributed by atoms with Crippen molar-refractivity contribution >= 4 is 67.5 Å². The molecular weight excluding hydrogens is 609 g/mol. The van der Waals surface area contributed by atoms with Crippen molar-refractivity contribution in [1.29, 1.82) is 0 Å². The summed E-state index contributed by atoms with van der Waals surface area (Å²) >= 11 is 1.39. The molecule has 0 radical (unpaired) electrons. The van der Waals surface area contributed by atoms with Crippen LogP contribution in [0.5, 0.6) is 0 Å². The van der Waals surface area contributed by atoms with Crippen molar-refractivity contribution in [2.75, 3.05) is 0 Å². The van der Waals surface area contributed by atoms with Gasteiger partial charge in [-0.1, -0.05) is 86.1 Å². The quantitative estimate of drug-likeness (QED) is 0.189. The fourth-order valence-electron chi connectivity index (χ4n) is 7.59. The van der Waals surface area contributed by atoms with Gasteiger partial charge in [-0.15, -0.1) is 0 Å². The van der Waals surface area contributed by atoms with E-state index < -0.39 is 19.1 Å². The number of benzene rings is 6. The van der Waals surface area contributed by atoms with Crippen LogP contribution in [0, 0.1) is 0 Å². The van der Waals surface area contributed by atoms with Crippen molar-refractivity contribution in [3.8, 4) is 11.4 Å². The van der Waals surface area contributed by atoms with Gasteiger partial charge in [-0.25, -0.2) is 9.97 Å². The molecule has 0 amide bonds. The third-order valence-corrected chi connectivity index (χ3v) is 10.9. The standard InChI is InChI=1S/C41H28N6S/c1-41(2)26-12-11-21-36(47-35-20-10-9-19-34(35)46-31-16-6-4-14-29(31)43-40(46)47)38(26)48-37-23-22-25(24-27(37)41)44-32-17-7-8-18-33(32)45-30-15-5-3-13-28(30)42-39(44)45/h3-24H,1-2H3/i1D3,2D3. The SMILES string of the molecule is [2H]C([2H])([2H])C1(C([2H])([2H])[2H])c2cc(-n3c4ccccc4n4c5ccccc5nc34)ccc2Sc2c(-n3c4ccccc4n4c5ccccc5nc34)cccc21. The Labute approximate surface area is 287 Å². The Balaban J connectivity index is 1.22. The zero-order valence-corrected chi connectivity index (χ0v) is 26.1. The van der Waals surface area contributed by atoms with E-state index in [0.29, 0.717) is 32.7 Å². The van der Waals surface area contributed by atoms with E-state index in [4.69, 9.17) is 9.97 Å². The minimum Gasteiger partial charge on any atom is -0.278 e. The molecule has 11 rings (SSSR count).